The van der Waals surface area contributed by atoms with Gasteiger partial charge in [-0.15, -0.1) is 0 Å². The highest BCUT2D eigenvalue weighted by Gasteiger charge is 2.57. The molecule has 1 heteroatoms. The van der Waals surface area contributed by atoms with Crippen molar-refractivity contribution < 1.29 is 4.79 Å². The predicted octanol–water partition coefficient (Wildman–Crippen LogP) is 5.32. The van der Waals surface area contributed by atoms with Gasteiger partial charge in [0.2, 0.25) is 0 Å². The Morgan fingerprint density at radius 3 is 2.73 bits per heavy atom. The first-order valence-corrected chi connectivity index (χ1v) is 9.35. The van der Waals surface area contributed by atoms with E-state index in [9.17, 15) is 4.79 Å². The quantitative estimate of drug-likeness (QED) is 0.599. The lowest BCUT2D eigenvalue weighted by atomic mass is 9.48. The largest absolute Gasteiger partial charge is 0.298 e. The molecule has 120 valence electrons. The van der Waals surface area contributed by atoms with E-state index in [1.807, 2.05) is 0 Å². The lowest BCUT2D eigenvalue weighted by molar-refractivity contribution is -0.105. The van der Waals surface area contributed by atoms with Gasteiger partial charge in [0.25, 0.3) is 0 Å². The molecule has 0 aliphatic heterocycles. The zero-order chi connectivity index (χ0) is 15.5. The summed E-state index contributed by atoms with van der Waals surface area (Å²) in [6.07, 6.45) is 14.9. The highest BCUT2D eigenvalue weighted by molar-refractivity contribution is 5.75. The van der Waals surface area contributed by atoms with E-state index in [-0.39, 0.29) is 0 Å². The SMILES string of the molecule is C[C@H]1CCC2C3CC=C4C=C(C=O)CCC4(C)C3CCC21C. The van der Waals surface area contributed by atoms with Crippen LogP contribution in [0.1, 0.15) is 65.7 Å². The molecule has 0 spiro atoms. The van der Waals surface area contributed by atoms with Crippen LogP contribution >= 0.6 is 0 Å². The van der Waals surface area contributed by atoms with Crippen molar-refractivity contribution in [1.82, 2.24) is 0 Å². The molecule has 1 nitrogen and oxygen atoms in total. The number of rotatable bonds is 1. The molecule has 0 aromatic heterocycles. The Labute approximate surface area is 135 Å². The number of hydrogen-bond donors (Lipinski definition) is 0. The molecule has 4 aliphatic rings. The summed E-state index contributed by atoms with van der Waals surface area (Å²) in [5, 5.41) is 0. The van der Waals surface area contributed by atoms with Gasteiger partial charge in [0.15, 0.2) is 0 Å². The Balaban J connectivity index is 1.71. The van der Waals surface area contributed by atoms with Gasteiger partial charge >= 0.3 is 0 Å². The lowest BCUT2D eigenvalue weighted by Crippen LogP contribution is -2.49. The number of allylic oxidation sites excluding steroid dienone is 4. The summed E-state index contributed by atoms with van der Waals surface area (Å²) < 4.78 is 0. The average Bonchev–Trinajstić information content (AvgIpc) is 2.82. The third-order valence-electron chi connectivity index (χ3n) is 8.42. The zero-order valence-corrected chi connectivity index (χ0v) is 14.4. The van der Waals surface area contributed by atoms with E-state index in [0.29, 0.717) is 10.8 Å². The third-order valence-corrected chi connectivity index (χ3v) is 8.42. The van der Waals surface area contributed by atoms with Crippen LogP contribution in [-0.2, 0) is 4.79 Å². The number of hydrogen-bond acceptors (Lipinski definition) is 1. The van der Waals surface area contributed by atoms with E-state index >= 15 is 0 Å². The van der Waals surface area contributed by atoms with Crippen LogP contribution in [0.2, 0.25) is 0 Å². The maximum atomic E-state index is 11.2. The first-order valence-electron chi connectivity index (χ1n) is 9.35. The summed E-state index contributed by atoms with van der Waals surface area (Å²) in [7, 11) is 0. The molecule has 0 amide bonds. The zero-order valence-electron chi connectivity index (χ0n) is 14.4. The second-order valence-electron chi connectivity index (χ2n) is 9.05. The van der Waals surface area contributed by atoms with Gasteiger partial charge in [-0.3, -0.25) is 4.79 Å². The molecular formula is C21H30O. The van der Waals surface area contributed by atoms with E-state index in [2.05, 4.69) is 32.9 Å². The number of carbonyl (C=O) groups excluding carboxylic acids is 1. The van der Waals surface area contributed by atoms with Crippen molar-refractivity contribution in [2.75, 3.05) is 0 Å². The fraction of sp³-hybridized carbons (Fsp3) is 0.762. The normalized spacial score (nSPS) is 50.3. The standard InChI is InChI=1S/C21H30O/c1-14-4-7-18-17-6-5-16-12-15(13-22)8-10-21(16,3)19(17)9-11-20(14,18)2/h5,12-14,17-19H,4,6-11H2,1-3H3/t14-,17?,18?,19?,20?,21?/m0/s1. The van der Waals surface area contributed by atoms with Crippen LogP contribution in [0.4, 0.5) is 0 Å². The highest BCUT2D eigenvalue weighted by atomic mass is 16.1. The van der Waals surface area contributed by atoms with Crippen LogP contribution in [0.25, 0.3) is 0 Å². The number of fused-ring (bicyclic) bond motifs is 5. The summed E-state index contributed by atoms with van der Waals surface area (Å²) in [6.45, 7) is 7.57. The Bertz CT molecular complexity index is 556. The predicted molar refractivity (Wildman–Crippen MR) is 90.4 cm³/mol. The van der Waals surface area contributed by atoms with Gasteiger partial charge in [0.05, 0.1) is 0 Å². The smallest absolute Gasteiger partial charge is 0.146 e. The van der Waals surface area contributed by atoms with Crippen molar-refractivity contribution in [2.45, 2.75) is 65.7 Å². The molecule has 6 atom stereocenters. The second-order valence-corrected chi connectivity index (χ2v) is 9.05. The van der Waals surface area contributed by atoms with Gasteiger partial charge in [0.1, 0.15) is 6.29 Å². The molecule has 0 radical (unpaired) electrons. The molecule has 0 aromatic rings. The van der Waals surface area contributed by atoms with Crippen LogP contribution < -0.4 is 0 Å². The molecule has 0 heterocycles. The molecule has 0 aromatic carbocycles. The van der Waals surface area contributed by atoms with Crippen molar-refractivity contribution in [3.8, 4) is 0 Å². The highest BCUT2D eigenvalue weighted by Crippen LogP contribution is 2.65. The van der Waals surface area contributed by atoms with Crippen molar-refractivity contribution in [3.63, 3.8) is 0 Å². The van der Waals surface area contributed by atoms with Crippen molar-refractivity contribution >= 4 is 6.29 Å². The summed E-state index contributed by atoms with van der Waals surface area (Å²) in [5.74, 6) is 3.58. The Morgan fingerprint density at radius 2 is 1.95 bits per heavy atom. The minimum atomic E-state index is 0.336. The first-order chi connectivity index (χ1) is 10.5. The molecule has 0 bridgehead atoms. The lowest BCUT2D eigenvalue weighted by Gasteiger charge is -2.57. The van der Waals surface area contributed by atoms with Gasteiger partial charge in [-0.05, 0) is 90.6 Å². The third kappa shape index (κ3) is 1.80. The molecule has 0 N–H and O–H groups in total. The van der Waals surface area contributed by atoms with Crippen molar-refractivity contribution in [3.05, 3.63) is 23.3 Å². The Hall–Kier alpha value is -0.850. The Morgan fingerprint density at radius 1 is 1.14 bits per heavy atom. The van der Waals surface area contributed by atoms with Crippen LogP contribution in [0.15, 0.2) is 23.3 Å². The molecule has 22 heavy (non-hydrogen) atoms. The van der Waals surface area contributed by atoms with Crippen molar-refractivity contribution in [1.29, 1.82) is 0 Å². The van der Waals surface area contributed by atoms with E-state index in [4.69, 9.17) is 0 Å². The summed E-state index contributed by atoms with van der Waals surface area (Å²) in [6, 6.07) is 0. The first kappa shape index (κ1) is 14.7. The molecule has 0 saturated heterocycles. The fourth-order valence-electron chi connectivity index (χ4n) is 6.70. The van der Waals surface area contributed by atoms with Gasteiger partial charge in [-0.25, -0.2) is 0 Å². The van der Waals surface area contributed by atoms with E-state index in [1.54, 1.807) is 0 Å². The van der Waals surface area contributed by atoms with Gasteiger partial charge in [0, 0.05) is 0 Å². The Kier molecular flexibility index (Phi) is 3.23. The van der Waals surface area contributed by atoms with Crippen LogP contribution in [0.3, 0.4) is 0 Å². The maximum Gasteiger partial charge on any atom is 0.146 e. The maximum absolute atomic E-state index is 11.2. The summed E-state index contributed by atoms with van der Waals surface area (Å²) >= 11 is 0. The second kappa shape index (κ2) is 4.82. The molecular weight excluding hydrogens is 268 g/mol. The van der Waals surface area contributed by atoms with E-state index in [0.717, 1.165) is 42.0 Å². The average molecular weight is 298 g/mol. The number of carbonyl (C=O) groups is 1. The van der Waals surface area contributed by atoms with Gasteiger partial charge in [-0.1, -0.05) is 32.9 Å². The summed E-state index contributed by atoms with van der Waals surface area (Å²) in [4.78, 5) is 11.2. The van der Waals surface area contributed by atoms with Crippen LogP contribution in [-0.4, -0.2) is 6.29 Å². The van der Waals surface area contributed by atoms with Gasteiger partial charge in [-0.2, -0.15) is 0 Å². The minimum Gasteiger partial charge on any atom is -0.298 e. The van der Waals surface area contributed by atoms with E-state index < -0.39 is 0 Å². The van der Waals surface area contributed by atoms with Crippen LogP contribution in [0, 0.1) is 34.5 Å². The molecule has 4 rings (SSSR count). The number of aldehydes is 1. The topological polar surface area (TPSA) is 17.1 Å². The minimum absolute atomic E-state index is 0.336. The molecule has 5 unspecified atom stereocenters. The monoisotopic (exact) mass is 298 g/mol. The summed E-state index contributed by atoms with van der Waals surface area (Å²) in [5.41, 5.74) is 3.43. The molecule has 2 saturated carbocycles. The molecule has 4 aliphatic carbocycles. The van der Waals surface area contributed by atoms with E-state index in [1.165, 1.54) is 44.1 Å². The fourth-order valence-corrected chi connectivity index (χ4v) is 6.70. The van der Waals surface area contributed by atoms with Crippen molar-refractivity contribution in [2.24, 2.45) is 34.5 Å². The van der Waals surface area contributed by atoms with Crippen LogP contribution in [0.5, 0.6) is 0 Å². The van der Waals surface area contributed by atoms with Gasteiger partial charge < -0.3 is 0 Å². The molecule has 2 fully saturated rings.